The summed E-state index contributed by atoms with van der Waals surface area (Å²) in [5.74, 6) is -0.630. The summed E-state index contributed by atoms with van der Waals surface area (Å²) >= 11 is 5.60. The fraction of sp³-hybridized carbons (Fsp3) is 0.333. The molecule has 0 aliphatic heterocycles. The van der Waals surface area contributed by atoms with E-state index in [1.54, 1.807) is 0 Å². The van der Waals surface area contributed by atoms with E-state index in [9.17, 15) is 18.4 Å². The van der Waals surface area contributed by atoms with Crippen molar-refractivity contribution < 1.29 is 18.3 Å². The Balaban J connectivity index is 3.15. The molecule has 0 atom stereocenters. The van der Waals surface area contributed by atoms with Gasteiger partial charge in [-0.25, -0.2) is 8.78 Å². The lowest BCUT2D eigenvalue weighted by atomic mass is 10.1. The number of hydrogen-bond acceptors (Lipinski definition) is 3. The molecule has 0 saturated heterocycles. The van der Waals surface area contributed by atoms with Gasteiger partial charge in [0.2, 0.25) is 0 Å². The smallest absolute Gasteiger partial charge is 0.310 e. The summed E-state index contributed by atoms with van der Waals surface area (Å²) in [6.45, 7) is 0. The van der Waals surface area contributed by atoms with E-state index in [4.69, 9.17) is 11.6 Å². The highest BCUT2D eigenvalue weighted by Crippen LogP contribution is 2.19. The van der Waals surface area contributed by atoms with Crippen molar-refractivity contribution in [3.05, 3.63) is 32.7 Å². The van der Waals surface area contributed by atoms with Crippen LogP contribution in [0, 0.1) is 0 Å². The minimum absolute atomic E-state index is 0.100. The first-order valence-corrected chi connectivity index (χ1v) is 4.60. The van der Waals surface area contributed by atoms with Crippen molar-refractivity contribution in [2.45, 2.75) is 12.8 Å². The van der Waals surface area contributed by atoms with Crippen LogP contribution in [0.25, 0.3) is 0 Å². The van der Waals surface area contributed by atoms with Crippen LogP contribution in [0.15, 0.2) is 10.9 Å². The molecule has 4 nitrogen and oxygen atoms in total. The third-order valence-corrected chi connectivity index (χ3v) is 2.23. The van der Waals surface area contributed by atoms with Gasteiger partial charge in [0.05, 0.1) is 19.1 Å². The van der Waals surface area contributed by atoms with E-state index in [-0.39, 0.29) is 17.1 Å². The maximum atomic E-state index is 12.4. The summed E-state index contributed by atoms with van der Waals surface area (Å²) in [4.78, 5) is 24.0. The molecule has 0 aromatic carbocycles. The zero-order valence-electron chi connectivity index (χ0n) is 8.22. The number of rotatable bonds is 3. The first kappa shape index (κ1) is 12.6. The average molecular weight is 252 g/mol. The van der Waals surface area contributed by atoms with Crippen molar-refractivity contribution in [1.82, 2.24) is 4.98 Å². The summed E-state index contributed by atoms with van der Waals surface area (Å²) in [5.41, 5.74) is -1.58. The number of H-pyrrole nitrogens is 1. The number of halogens is 3. The molecule has 0 saturated carbocycles. The van der Waals surface area contributed by atoms with Gasteiger partial charge in [0.1, 0.15) is 5.15 Å². The van der Waals surface area contributed by atoms with Crippen molar-refractivity contribution in [1.29, 1.82) is 0 Å². The van der Waals surface area contributed by atoms with Crippen molar-refractivity contribution in [3.63, 3.8) is 0 Å². The number of carbonyl (C=O) groups excluding carboxylic acids is 1. The average Bonchev–Trinajstić information content (AvgIpc) is 2.21. The largest absolute Gasteiger partial charge is 0.469 e. The SMILES string of the molecule is COC(=O)Cc1cc(C(F)F)c(=O)[nH]c1Cl. The van der Waals surface area contributed by atoms with Gasteiger partial charge in [0, 0.05) is 0 Å². The molecule has 1 heterocycles. The third kappa shape index (κ3) is 2.79. The third-order valence-electron chi connectivity index (χ3n) is 1.89. The maximum Gasteiger partial charge on any atom is 0.310 e. The maximum absolute atomic E-state index is 12.4. The molecule has 0 aliphatic carbocycles. The zero-order valence-corrected chi connectivity index (χ0v) is 8.98. The van der Waals surface area contributed by atoms with Crippen LogP contribution in [0.5, 0.6) is 0 Å². The van der Waals surface area contributed by atoms with Crippen LogP contribution in [-0.4, -0.2) is 18.1 Å². The molecule has 0 spiro atoms. The number of alkyl halides is 2. The van der Waals surface area contributed by atoms with Crippen molar-refractivity contribution in [3.8, 4) is 0 Å². The molecule has 16 heavy (non-hydrogen) atoms. The lowest BCUT2D eigenvalue weighted by molar-refractivity contribution is -0.139. The molecular formula is C9H8ClF2NO3. The predicted octanol–water partition coefficient (Wildman–Crippen LogP) is 1.68. The Hall–Kier alpha value is -1.43. The second-order valence-corrected chi connectivity index (χ2v) is 3.32. The van der Waals surface area contributed by atoms with Crippen LogP contribution >= 0.6 is 11.6 Å². The lowest BCUT2D eigenvalue weighted by Gasteiger charge is -2.05. The highest BCUT2D eigenvalue weighted by Gasteiger charge is 2.16. The second-order valence-electron chi connectivity index (χ2n) is 2.95. The number of methoxy groups -OCH3 is 1. The predicted molar refractivity (Wildman–Crippen MR) is 52.7 cm³/mol. The minimum atomic E-state index is -2.92. The molecule has 0 unspecified atom stereocenters. The summed E-state index contributed by atoms with van der Waals surface area (Å²) in [5, 5.41) is -0.139. The summed E-state index contributed by atoms with van der Waals surface area (Å²) in [7, 11) is 1.16. The van der Waals surface area contributed by atoms with Gasteiger partial charge in [-0.3, -0.25) is 9.59 Å². The highest BCUT2D eigenvalue weighted by atomic mass is 35.5. The fourth-order valence-corrected chi connectivity index (χ4v) is 1.29. The molecule has 1 aromatic rings. The Morgan fingerprint density at radius 3 is 2.75 bits per heavy atom. The number of ether oxygens (including phenoxy) is 1. The molecule has 7 heteroatoms. The molecule has 0 fully saturated rings. The number of pyridine rings is 1. The van der Waals surface area contributed by atoms with Crippen LogP contribution in [0.3, 0.4) is 0 Å². The molecule has 0 aliphatic rings. The zero-order chi connectivity index (χ0) is 12.3. The van der Waals surface area contributed by atoms with E-state index in [1.165, 1.54) is 0 Å². The topological polar surface area (TPSA) is 59.2 Å². The minimum Gasteiger partial charge on any atom is -0.469 e. The second kappa shape index (κ2) is 5.07. The lowest BCUT2D eigenvalue weighted by Crippen LogP contribution is -2.16. The van der Waals surface area contributed by atoms with Gasteiger partial charge < -0.3 is 9.72 Å². The normalized spacial score (nSPS) is 10.6. The van der Waals surface area contributed by atoms with E-state index in [0.29, 0.717) is 0 Å². The monoisotopic (exact) mass is 251 g/mol. The first-order valence-electron chi connectivity index (χ1n) is 4.22. The van der Waals surface area contributed by atoms with Crippen LogP contribution in [0.2, 0.25) is 5.15 Å². The molecule has 88 valence electrons. The number of esters is 1. The van der Waals surface area contributed by atoms with Gasteiger partial charge in [-0.15, -0.1) is 0 Å². The Morgan fingerprint density at radius 2 is 2.25 bits per heavy atom. The van der Waals surface area contributed by atoms with Gasteiger partial charge in [-0.05, 0) is 11.6 Å². The Kier molecular flexibility index (Phi) is 4.00. The van der Waals surface area contributed by atoms with E-state index in [0.717, 1.165) is 13.2 Å². The highest BCUT2D eigenvalue weighted by molar-refractivity contribution is 6.30. The first-order chi connectivity index (χ1) is 7.45. The number of nitrogens with one attached hydrogen (secondary N) is 1. The number of hydrogen-bond donors (Lipinski definition) is 1. The Morgan fingerprint density at radius 1 is 1.62 bits per heavy atom. The van der Waals surface area contributed by atoms with Gasteiger partial charge in [0.25, 0.3) is 12.0 Å². The molecule has 0 amide bonds. The molecule has 0 radical (unpaired) electrons. The van der Waals surface area contributed by atoms with Gasteiger partial charge in [0.15, 0.2) is 0 Å². The van der Waals surface area contributed by atoms with Crippen LogP contribution in [0.1, 0.15) is 17.6 Å². The molecule has 1 rings (SSSR count). The van der Waals surface area contributed by atoms with E-state index < -0.39 is 23.5 Å². The van der Waals surface area contributed by atoms with Crippen molar-refractivity contribution in [2.24, 2.45) is 0 Å². The fourth-order valence-electron chi connectivity index (χ4n) is 1.09. The van der Waals surface area contributed by atoms with Gasteiger partial charge in [-0.1, -0.05) is 11.6 Å². The van der Waals surface area contributed by atoms with Crippen molar-refractivity contribution >= 4 is 17.6 Å². The van der Waals surface area contributed by atoms with Crippen LogP contribution in [0.4, 0.5) is 8.78 Å². The Bertz CT molecular complexity index is 459. The van der Waals surface area contributed by atoms with Crippen molar-refractivity contribution in [2.75, 3.05) is 7.11 Å². The Labute approximate surface area is 94.2 Å². The van der Waals surface area contributed by atoms with Gasteiger partial charge >= 0.3 is 5.97 Å². The molecular weight excluding hydrogens is 244 g/mol. The van der Waals surface area contributed by atoms with E-state index in [1.807, 2.05) is 4.98 Å². The standard InChI is InChI=1S/C9H8ClF2NO3/c1-16-6(14)3-4-2-5(8(11)12)9(15)13-7(4)10/h2,8H,3H2,1H3,(H,13,15). The summed E-state index contributed by atoms with van der Waals surface area (Å²) < 4.78 is 29.1. The molecule has 0 bridgehead atoms. The number of aromatic amines is 1. The summed E-state index contributed by atoms with van der Waals surface area (Å²) in [6.07, 6.45) is -3.19. The quantitative estimate of drug-likeness (QED) is 0.657. The van der Waals surface area contributed by atoms with E-state index >= 15 is 0 Å². The molecule has 1 N–H and O–H groups in total. The van der Waals surface area contributed by atoms with E-state index in [2.05, 4.69) is 4.74 Å². The number of carbonyl (C=O) groups is 1. The summed E-state index contributed by atoms with van der Waals surface area (Å²) in [6, 6.07) is 0.906. The van der Waals surface area contributed by atoms with Crippen LogP contribution < -0.4 is 5.56 Å². The van der Waals surface area contributed by atoms with Crippen LogP contribution in [-0.2, 0) is 16.0 Å². The van der Waals surface area contributed by atoms with Gasteiger partial charge in [-0.2, -0.15) is 0 Å². The number of aromatic nitrogens is 1. The molecule has 1 aromatic heterocycles.